The van der Waals surface area contributed by atoms with Crippen LogP contribution in [0.25, 0.3) is 0 Å². The van der Waals surface area contributed by atoms with Gasteiger partial charge in [-0.2, -0.15) is 5.10 Å². The Morgan fingerprint density at radius 1 is 1.27 bits per heavy atom. The van der Waals surface area contributed by atoms with E-state index in [1.54, 1.807) is 51.0 Å². The molecular formula is C16H21N3O3. The molecule has 0 unspecified atom stereocenters. The van der Waals surface area contributed by atoms with Gasteiger partial charge in [0.25, 0.3) is 5.91 Å². The van der Waals surface area contributed by atoms with Crippen molar-refractivity contribution in [1.29, 1.82) is 0 Å². The van der Waals surface area contributed by atoms with Gasteiger partial charge in [-0.05, 0) is 32.9 Å². The van der Waals surface area contributed by atoms with E-state index in [-0.39, 0.29) is 5.91 Å². The summed E-state index contributed by atoms with van der Waals surface area (Å²) in [6.07, 6.45) is 1.76. The van der Waals surface area contributed by atoms with Crippen molar-refractivity contribution < 1.29 is 14.3 Å². The highest BCUT2D eigenvalue weighted by Gasteiger charge is 2.31. The van der Waals surface area contributed by atoms with Crippen LogP contribution in [0.5, 0.6) is 11.5 Å². The van der Waals surface area contributed by atoms with E-state index in [9.17, 15) is 4.79 Å². The van der Waals surface area contributed by atoms with Gasteiger partial charge in [0.05, 0.1) is 18.5 Å². The van der Waals surface area contributed by atoms with Crippen molar-refractivity contribution >= 4 is 11.6 Å². The molecule has 0 radical (unpaired) electrons. The third-order valence-corrected chi connectivity index (χ3v) is 3.24. The zero-order chi connectivity index (χ0) is 16.3. The lowest BCUT2D eigenvalue weighted by molar-refractivity contribution is -0.128. The largest absolute Gasteiger partial charge is 0.493 e. The third kappa shape index (κ3) is 3.39. The number of hydrogen-bond donors (Lipinski definition) is 1. The molecule has 6 heteroatoms. The molecule has 0 aliphatic rings. The monoisotopic (exact) mass is 303 g/mol. The Hall–Kier alpha value is -2.50. The van der Waals surface area contributed by atoms with Crippen molar-refractivity contribution in [1.82, 2.24) is 9.78 Å². The number of aromatic nitrogens is 2. The minimum atomic E-state index is -1.06. The van der Waals surface area contributed by atoms with E-state index in [0.717, 1.165) is 5.69 Å². The lowest BCUT2D eigenvalue weighted by Gasteiger charge is -2.26. The third-order valence-electron chi connectivity index (χ3n) is 3.24. The molecule has 6 nitrogen and oxygen atoms in total. The molecule has 1 amide bonds. The van der Waals surface area contributed by atoms with E-state index < -0.39 is 5.60 Å². The van der Waals surface area contributed by atoms with Crippen LogP contribution in [0.15, 0.2) is 30.5 Å². The first-order chi connectivity index (χ1) is 10.3. The second-order valence-electron chi connectivity index (χ2n) is 5.52. The number of carbonyl (C=O) groups excluding carboxylic acids is 1. The fourth-order valence-corrected chi connectivity index (χ4v) is 2.02. The molecule has 0 bridgehead atoms. The Bertz CT molecular complexity index is 677. The molecule has 1 aromatic carbocycles. The molecule has 118 valence electrons. The van der Waals surface area contributed by atoms with Crippen LogP contribution in [0.3, 0.4) is 0 Å². The fourth-order valence-electron chi connectivity index (χ4n) is 2.02. The number of nitrogens with zero attached hydrogens (tertiary/aromatic N) is 2. The average Bonchev–Trinajstić information content (AvgIpc) is 2.77. The minimum Gasteiger partial charge on any atom is -0.493 e. The summed E-state index contributed by atoms with van der Waals surface area (Å²) in [7, 11) is 3.37. The van der Waals surface area contributed by atoms with Gasteiger partial charge in [-0.15, -0.1) is 0 Å². The van der Waals surface area contributed by atoms with E-state index >= 15 is 0 Å². The molecule has 1 N–H and O–H groups in total. The van der Waals surface area contributed by atoms with Crippen molar-refractivity contribution in [2.75, 3.05) is 12.4 Å². The molecule has 0 atom stereocenters. The van der Waals surface area contributed by atoms with Crippen LogP contribution in [-0.2, 0) is 11.8 Å². The lowest BCUT2D eigenvalue weighted by Crippen LogP contribution is -2.42. The van der Waals surface area contributed by atoms with Crippen molar-refractivity contribution in [2.24, 2.45) is 7.05 Å². The molecule has 0 aliphatic carbocycles. The zero-order valence-electron chi connectivity index (χ0n) is 13.5. The molecule has 1 aromatic heterocycles. The SMILES string of the molecule is COc1ccccc1OC(C)(C)C(=O)Nc1cn(C)nc1C. The first kappa shape index (κ1) is 15.9. The lowest BCUT2D eigenvalue weighted by atomic mass is 10.1. The molecule has 0 fully saturated rings. The summed E-state index contributed by atoms with van der Waals surface area (Å²) >= 11 is 0. The standard InChI is InChI=1S/C16H21N3O3/c1-11-12(10-19(4)18-11)17-15(20)16(2,3)22-14-9-7-6-8-13(14)21-5/h6-10H,1-5H3,(H,17,20). The van der Waals surface area contributed by atoms with E-state index in [1.807, 2.05) is 19.1 Å². The number of para-hydroxylation sites is 2. The molecule has 2 rings (SSSR count). The number of rotatable bonds is 5. The second-order valence-corrected chi connectivity index (χ2v) is 5.52. The summed E-state index contributed by atoms with van der Waals surface area (Å²) in [6.45, 7) is 5.25. The Kier molecular flexibility index (Phi) is 4.40. The number of amides is 1. The average molecular weight is 303 g/mol. The highest BCUT2D eigenvalue weighted by Crippen LogP contribution is 2.30. The number of aryl methyl sites for hydroxylation is 2. The van der Waals surface area contributed by atoms with Crippen molar-refractivity contribution in [3.63, 3.8) is 0 Å². The maximum atomic E-state index is 12.5. The highest BCUT2D eigenvalue weighted by molar-refractivity contribution is 5.97. The molecule has 0 aliphatic heterocycles. The Morgan fingerprint density at radius 3 is 2.45 bits per heavy atom. The minimum absolute atomic E-state index is 0.255. The quantitative estimate of drug-likeness (QED) is 0.922. The van der Waals surface area contributed by atoms with Gasteiger partial charge in [-0.1, -0.05) is 12.1 Å². The van der Waals surface area contributed by atoms with Crippen LogP contribution < -0.4 is 14.8 Å². The summed E-state index contributed by atoms with van der Waals surface area (Å²) in [5.41, 5.74) is 0.366. The summed E-state index contributed by atoms with van der Waals surface area (Å²) in [5, 5.41) is 7.04. The van der Waals surface area contributed by atoms with Crippen LogP contribution in [0.1, 0.15) is 19.5 Å². The maximum Gasteiger partial charge on any atom is 0.268 e. The molecular weight excluding hydrogens is 282 g/mol. The molecule has 1 heterocycles. The van der Waals surface area contributed by atoms with E-state index in [4.69, 9.17) is 9.47 Å². The molecule has 2 aromatic rings. The van der Waals surface area contributed by atoms with Gasteiger partial charge in [0, 0.05) is 13.2 Å². The first-order valence-electron chi connectivity index (χ1n) is 6.97. The summed E-state index contributed by atoms with van der Waals surface area (Å²) in [4.78, 5) is 12.5. The summed E-state index contributed by atoms with van der Waals surface area (Å²) in [5.74, 6) is 0.850. The summed E-state index contributed by atoms with van der Waals surface area (Å²) < 4.78 is 12.7. The smallest absolute Gasteiger partial charge is 0.268 e. The van der Waals surface area contributed by atoms with Crippen LogP contribution in [0.4, 0.5) is 5.69 Å². The molecule has 0 saturated carbocycles. The van der Waals surface area contributed by atoms with Crippen LogP contribution in [0.2, 0.25) is 0 Å². The van der Waals surface area contributed by atoms with Gasteiger partial charge < -0.3 is 14.8 Å². The maximum absolute atomic E-state index is 12.5. The Morgan fingerprint density at radius 2 is 1.91 bits per heavy atom. The van der Waals surface area contributed by atoms with Crippen LogP contribution in [0, 0.1) is 6.92 Å². The van der Waals surface area contributed by atoms with Gasteiger partial charge in [0.1, 0.15) is 0 Å². The number of benzene rings is 1. The summed E-state index contributed by atoms with van der Waals surface area (Å²) in [6, 6.07) is 7.23. The van der Waals surface area contributed by atoms with E-state index in [0.29, 0.717) is 17.2 Å². The Balaban J connectivity index is 2.15. The van der Waals surface area contributed by atoms with Crippen LogP contribution >= 0.6 is 0 Å². The number of carbonyl (C=O) groups is 1. The van der Waals surface area contributed by atoms with Gasteiger partial charge in [-0.25, -0.2) is 0 Å². The van der Waals surface area contributed by atoms with Crippen molar-refractivity contribution in [3.05, 3.63) is 36.2 Å². The number of hydrogen-bond acceptors (Lipinski definition) is 4. The molecule has 22 heavy (non-hydrogen) atoms. The number of ether oxygens (including phenoxy) is 2. The normalized spacial score (nSPS) is 11.1. The van der Waals surface area contributed by atoms with E-state index in [1.165, 1.54) is 0 Å². The predicted octanol–water partition coefficient (Wildman–Crippen LogP) is 2.53. The topological polar surface area (TPSA) is 65.4 Å². The first-order valence-corrected chi connectivity index (χ1v) is 6.97. The molecule has 0 spiro atoms. The van der Waals surface area contributed by atoms with Gasteiger partial charge in [0.2, 0.25) is 0 Å². The number of nitrogens with one attached hydrogen (secondary N) is 1. The number of anilines is 1. The van der Waals surface area contributed by atoms with Crippen molar-refractivity contribution in [3.8, 4) is 11.5 Å². The fraction of sp³-hybridized carbons (Fsp3) is 0.375. The zero-order valence-corrected chi connectivity index (χ0v) is 13.5. The molecule has 0 saturated heterocycles. The number of methoxy groups -OCH3 is 1. The highest BCUT2D eigenvalue weighted by atomic mass is 16.5. The van der Waals surface area contributed by atoms with Gasteiger partial charge in [-0.3, -0.25) is 9.48 Å². The second kappa shape index (κ2) is 6.09. The van der Waals surface area contributed by atoms with E-state index in [2.05, 4.69) is 10.4 Å². The van der Waals surface area contributed by atoms with Gasteiger partial charge in [0.15, 0.2) is 17.1 Å². The predicted molar refractivity (Wildman–Crippen MR) is 84.3 cm³/mol. The van der Waals surface area contributed by atoms with Crippen molar-refractivity contribution in [2.45, 2.75) is 26.4 Å². The van der Waals surface area contributed by atoms with Crippen LogP contribution in [-0.4, -0.2) is 28.4 Å². The van der Waals surface area contributed by atoms with Gasteiger partial charge >= 0.3 is 0 Å². The Labute approximate surface area is 130 Å².